The SMILES string of the molecule is CC(C)Cc1cccc(C(N)CCN(C)C)c1. The molecule has 0 aromatic heterocycles. The molecule has 0 aliphatic carbocycles. The minimum absolute atomic E-state index is 0.157. The van der Waals surface area contributed by atoms with Gasteiger partial charge >= 0.3 is 0 Å². The van der Waals surface area contributed by atoms with E-state index in [-0.39, 0.29) is 6.04 Å². The molecule has 0 aliphatic heterocycles. The van der Waals surface area contributed by atoms with E-state index in [4.69, 9.17) is 5.73 Å². The van der Waals surface area contributed by atoms with E-state index in [1.807, 2.05) is 0 Å². The molecule has 1 rings (SSSR count). The van der Waals surface area contributed by atoms with Crippen LogP contribution >= 0.6 is 0 Å². The van der Waals surface area contributed by atoms with E-state index in [1.165, 1.54) is 11.1 Å². The molecule has 2 nitrogen and oxygen atoms in total. The summed E-state index contributed by atoms with van der Waals surface area (Å²) in [4.78, 5) is 2.18. The van der Waals surface area contributed by atoms with Crippen molar-refractivity contribution in [3.8, 4) is 0 Å². The second-order valence-electron chi connectivity index (χ2n) is 5.54. The molecule has 2 N–H and O–H groups in total. The van der Waals surface area contributed by atoms with E-state index in [0.717, 1.165) is 19.4 Å². The molecule has 0 aliphatic rings. The Bertz CT molecular complexity index is 331. The summed E-state index contributed by atoms with van der Waals surface area (Å²) in [6.07, 6.45) is 2.15. The van der Waals surface area contributed by atoms with E-state index in [9.17, 15) is 0 Å². The largest absolute Gasteiger partial charge is 0.324 e. The Morgan fingerprint density at radius 2 is 1.94 bits per heavy atom. The molecule has 1 aromatic rings. The van der Waals surface area contributed by atoms with E-state index < -0.39 is 0 Å². The van der Waals surface area contributed by atoms with Crippen LogP contribution in [0.3, 0.4) is 0 Å². The summed E-state index contributed by atoms with van der Waals surface area (Å²) in [5.41, 5.74) is 8.89. The summed E-state index contributed by atoms with van der Waals surface area (Å²) in [5, 5.41) is 0. The molecular formula is C15H26N2. The van der Waals surface area contributed by atoms with Crippen molar-refractivity contribution in [2.75, 3.05) is 20.6 Å². The topological polar surface area (TPSA) is 29.3 Å². The summed E-state index contributed by atoms with van der Waals surface area (Å²) < 4.78 is 0. The predicted molar refractivity (Wildman–Crippen MR) is 75.1 cm³/mol. The molecule has 1 atom stereocenters. The number of nitrogens with zero attached hydrogens (tertiary/aromatic N) is 1. The van der Waals surface area contributed by atoms with Crippen molar-refractivity contribution in [3.63, 3.8) is 0 Å². The fraction of sp³-hybridized carbons (Fsp3) is 0.600. The lowest BCUT2D eigenvalue weighted by atomic mass is 9.97. The van der Waals surface area contributed by atoms with Crippen LogP contribution in [0.2, 0.25) is 0 Å². The van der Waals surface area contributed by atoms with E-state index in [2.05, 4.69) is 57.1 Å². The van der Waals surface area contributed by atoms with Gasteiger partial charge in [-0.05, 0) is 50.5 Å². The molecule has 0 saturated heterocycles. The fourth-order valence-electron chi connectivity index (χ4n) is 1.99. The van der Waals surface area contributed by atoms with Crippen molar-refractivity contribution in [2.24, 2.45) is 11.7 Å². The molecule has 17 heavy (non-hydrogen) atoms. The van der Waals surface area contributed by atoms with Crippen molar-refractivity contribution >= 4 is 0 Å². The first-order valence-corrected chi connectivity index (χ1v) is 6.48. The summed E-state index contributed by atoms with van der Waals surface area (Å²) >= 11 is 0. The van der Waals surface area contributed by atoms with E-state index >= 15 is 0 Å². The third-order valence-corrected chi connectivity index (χ3v) is 2.91. The van der Waals surface area contributed by atoms with Crippen molar-refractivity contribution in [3.05, 3.63) is 35.4 Å². The first-order chi connectivity index (χ1) is 7.99. The maximum Gasteiger partial charge on any atom is 0.0307 e. The van der Waals surface area contributed by atoms with Gasteiger partial charge in [0.2, 0.25) is 0 Å². The highest BCUT2D eigenvalue weighted by molar-refractivity contribution is 5.26. The number of nitrogens with two attached hydrogens (primary N) is 1. The van der Waals surface area contributed by atoms with Crippen molar-refractivity contribution in [1.29, 1.82) is 0 Å². The maximum atomic E-state index is 6.22. The Balaban J connectivity index is 2.63. The van der Waals surface area contributed by atoms with Crippen LogP contribution in [-0.2, 0) is 6.42 Å². The Morgan fingerprint density at radius 3 is 2.53 bits per heavy atom. The molecule has 0 bridgehead atoms. The monoisotopic (exact) mass is 234 g/mol. The Morgan fingerprint density at radius 1 is 1.24 bits per heavy atom. The van der Waals surface area contributed by atoms with Crippen LogP contribution in [0.25, 0.3) is 0 Å². The van der Waals surface area contributed by atoms with Crippen LogP contribution in [0.5, 0.6) is 0 Å². The molecule has 1 unspecified atom stereocenters. The molecule has 0 saturated carbocycles. The first-order valence-electron chi connectivity index (χ1n) is 6.48. The highest BCUT2D eigenvalue weighted by Crippen LogP contribution is 2.17. The molecule has 0 amide bonds. The molecule has 96 valence electrons. The zero-order valence-electron chi connectivity index (χ0n) is 11.6. The first kappa shape index (κ1) is 14.2. The van der Waals surface area contributed by atoms with E-state index in [0.29, 0.717) is 5.92 Å². The average molecular weight is 234 g/mol. The molecule has 0 spiro atoms. The quantitative estimate of drug-likeness (QED) is 0.820. The maximum absolute atomic E-state index is 6.22. The standard InChI is InChI=1S/C15H26N2/c1-12(2)10-13-6-5-7-14(11-13)15(16)8-9-17(3)4/h5-7,11-12,15H,8-10,16H2,1-4H3. The van der Waals surface area contributed by atoms with Gasteiger partial charge in [-0.3, -0.25) is 0 Å². The number of hydrogen-bond acceptors (Lipinski definition) is 2. The van der Waals surface area contributed by atoms with Gasteiger partial charge in [-0.2, -0.15) is 0 Å². The van der Waals surface area contributed by atoms with Gasteiger partial charge in [0.05, 0.1) is 0 Å². The smallest absolute Gasteiger partial charge is 0.0307 e. The highest BCUT2D eigenvalue weighted by atomic mass is 15.0. The molecule has 1 aromatic carbocycles. The number of benzene rings is 1. The average Bonchev–Trinajstić information content (AvgIpc) is 2.25. The molecule has 0 radical (unpaired) electrons. The predicted octanol–water partition coefficient (Wildman–Crippen LogP) is 2.84. The van der Waals surface area contributed by atoms with Crippen LogP contribution in [0.15, 0.2) is 24.3 Å². The highest BCUT2D eigenvalue weighted by Gasteiger charge is 2.07. The van der Waals surface area contributed by atoms with Gasteiger partial charge in [-0.1, -0.05) is 38.1 Å². The van der Waals surface area contributed by atoms with Gasteiger partial charge in [0.25, 0.3) is 0 Å². The number of hydrogen-bond donors (Lipinski definition) is 1. The minimum Gasteiger partial charge on any atom is -0.324 e. The Hall–Kier alpha value is -0.860. The summed E-state index contributed by atoms with van der Waals surface area (Å²) in [6.45, 7) is 5.53. The normalized spacial score (nSPS) is 13.4. The molecule has 2 heteroatoms. The summed E-state index contributed by atoms with van der Waals surface area (Å²) in [6, 6.07) is 8.89. The van der Waals surface area contributed by atoms with Gasteiger partial charge < -0.3 is 10.6 Å². The lowest BCUT2D eigenvalue weighted by Gasteiger charge is -2.16. The minimum atomic E-state index is 0.157. The number of rotatable bonds is 6. The summed E-state index contributed by atoms with van der Waals surface area (Å²) in [5.74, 6) is 0.697. The Labute approximate surface area is 106 Å². The fourth-order valence-corrected chi connectivity index (χ4v) is 1.99. The van der Waals surface area contributed by atoms with Crippen molar-refractivity contribution < 1.29 is 0 Å². The van der Waals surface area contributed by atoms with Gasteiger partial charge in [-0.25, -0.2) is 0 Å². The van der Waals surface area contributed by atoms with Crippen LogP contribution < -0.4 is 5.73 Å². The van der Waals surface area contributed by atoms with Gasteiger partial charge in [-0.15, -0.1) is 0 Å². The summed E-state index contributed by atoms with van der Waals surface area (Å²) in [7, 11) is 4.17. The van der Waals surface area contributed by atoms with Gasteiger partial charge in [0.1, 0.15) is 0 Å². The van der Waals surface area contributed by atoms with Crippen LogP contribution in [-0.4, -0.2) is 25.5 Å². The molecular weight excluding hydrogens is 208 g/mol. The van der Waals surface area contributed by atoms with Crippen LogP contribution in [0.1, 0.15) is 37.4 Å². The van der Waals surface area contributed by atoms with Crippen molar-refractivity contribution in [1.82, 2.24) is 4.90 Å². The van der Waals surface area contributed by atoms with Crippen LogP contribution in [0, 0.1) is 5.92 Å². The molecule has 0 fully saturated rings. The Kier molecular flexibility index (Phi) is 5.66. The lowest BCUT2D eigenvalue weighted by molar-refractivity contribution is 0.382. The van der Waals surface area contributed by atoms with Gasteiger partial charge in [0, 0.05) is 6.04 Å². The van der Waals surface area contributed by atoms with Gasteiger partial charge in [0.15, 0.2) is 0 Å². The lowest BCUT2D eigenvalue weighted by Crippen LogP contribution is -2.20. The third-order valence-electron chi connectivity index (χ3n) is 2.91. The van der Waals surface area contributed by atoms with Crippen LogP contribution in [0.4, 0.5) is 0 Å². The third kappa shape index (κ3) is 5.33. The zero-order valence-corrected chi connectivity index (χ0v) is 11.6. The molecule has 0 heterocycles. The van der Waals surface area contributed by atoms with Crippen molar-refractivity contribution in [2.45, 2.75) is 32.7 Å². The second-order valence-corrected chi connectivity index (χ2v) is 5.54. The zero-order chi connectivity index (χ0) is 12.8. The van der Waals surface area contributed by atoms with E-state index in [1.54, 1.807) is 0 Å². The second kappa shape index (κ2) is 6.77.